The summed E-state index contributed by atoms with van der Waals surface area (Å²) in [7, 11) is 0.215. The number of anilines is 1. The molecule has 13 nitrogen and oxygen atoms in total. The summed E-state index contributed by atoms with van der Waals surface area (Å²) in [4.78, 5) is 8.22. The smallest absolute Gasteiger partial charge is 0.243 e. The van der Waals surface area contributed by atoms with E-state index >= 15 is 0 Å². The second kappa shape index (κ2) is 11.6. The van der Waals surface area contributed by atoms with E-state index in [4.69, 9.17) is 35.3 Å². The Kier molecular flexibility index (Phi) is 8.44. The van der Waals surface area contributed by atoms with E-state index in [2.05, 4.69) is 24.9 Å². The molecular formula is C22H27ClN6O7S. The van der Waals surface area contributed by atoms with E-state index in [1.807, 2.05) is 0 Å². The molecule has 15 heteroatoms. The van der Waals surface area contributed by atoms with Gasteiger partial charge in [-0.25, -0.2) is 18.4 Å². The molecule has 1 N–H and O–H groups in total. The van der Waals surface area contributed by atoms with Crippen molar-refractivity contribution in [1.82, 2.24) is 24.7 Å². The van der Waals surface area contributed by atoms with E-state index < -0.39 is 27.5 Å². The van der Waals surface area contributed by atoms with E-state index in [9.17, 15) is 8.42 Å². The van der Waals surface area contributed by atoms with Crippen molar-refractivity contribution in [2.75, 3.05) is 45.9 Å². The molecule has 3 aromatic rings. The van der Waals surface area contributed by atoms with Gasteiger partial charge in [-0.2, -0.15) is 0 Å². The summed E-state index contributed by atoms with van der Waals surface area (Å²) in [6, 6.07) is 5.16. The molecule has 1 saturated heterocycles. The number of hydrogen-bond acceptors (Lipinski definition) is 11. The number of rotatable bonds is 10. The van der Waals surface area contributed by atoms with Gasteiger partial charge in [-0.3, -0.25) is 9.29 Å². The molecule has 0 bridgehead atoms. The Morgan fingerprint density at radius 3 is 2.35 bits per heavy atom. The second-order valence-electron chi connectivity index (χ2n) is 7.93. The topological polar surface area (TPSA) is 149 Å². The minimum absolute atomic E-state index is 0.106. The standard InChI is InChI=1S/C22H27ClN6O7S/c1-13(19(34-4)20-24-10-14(23)11-25-20)37(30,31)28-22-27-26-21(17-12-35-8-9-36-17)29(22)18-15(32-2)6-5-7-16(18)33-3/h5-7,10-11,13,17,19H,8-9,12H2,1-4H3,(H,27,28)/t13-,17+,19-/m0/s1. The molecule has 0 radical (unpaired) electrons. The number of ether oxygens (including phenoxy) is 5. The zero-order chi connectivity index (χ0) is 26.6. The molecule has 0 unspecified atom stereocenters. The molecule has 0 aliphatic carbocycles. The minimum atomic E-state index is -4.13. The molecule has 0 amide bonds. The van der Waals surface area contributed by atoms with Gasteiger partial charge in [0.2, 0.25) is 16.0 Å². The SMILES string of the molecule is COc1cccc(OC)c1-n1c(NS(=O)(=O)[C@@H](C)[C@H](OC)c2ncc(Cl)cn2)nnc1[C@H]1COCCO1. The third-order valence-corrected chi connectivity index (χ3v) is 7.60. The molecule has 2 aromatic heterocycles. The molecule has 0 spiro atoms. The van der Waals surface area contributed by atoms with Crippen molar-refractivity contribution in [2.24, 2.45) is 0 Å². The lowest BCUT2D eigenvalue weighted by Gasteiger charge is -2.25. The average molecular weight is 555 g/mol. The third-order valence-electron chi connectivity index (χ3n) is 5.72. The van der Waals surface area contributed by atoms with Gasteiger partial charge in [-0.1, -0.05) is 17.7 Å². The monoisotopic (exact) mass is 554 g/mol. The normalized spacial score (nSPS) is 17.7. The van der Waals surface area contributed by atoms with Gasteiger partial charge in [-0.15, -0.1) is 10.2 Å². The van der Waals surface area contributed by atoms with Crippen molar-refractivity contribution < 1.29 is 32.1 Å². The maximum atomic E-state index is 13.5. The van der Waals surface area contributed by atoms with Crippen molar-refractivity contribution in [2.45, 2.75) is 24.4 Å². The summed E-state index contributed by atoms with van der Waals surface area (Å²) >= 11 is 5.87. The summed E-state index contributed by atoms with van der Waals surface area (Å²) in [5.41, 5.74) is 0.386. The first-order valence-electron chi connectivity index (χ1n) is 11.2. The van der Waals surface area contributed by atoms with Gasteiger partial charge in [0, 0.05) is 19.5 Å². The zero-order valence-electron chi connectivity index (χ0n) is 20.6. The first kappa shape index (κ1) is 27.0. The molecule has 3 heterocycles. The van der Waals surface area contributed by atoms with Gasteiger partial charge in [0.05, 0.1) is 39.1 Å². The second-order valence-corrected chi connectivity index (χ2v) is 10.4. The first-order valence-corrected chi connectivity index (χ1v) is 13.1. The summed E-state index contributed by atoms with van der Waals surface area (Å²) in [5.74, 6) is 1.15. The lowest BCUT2D eigenvalue weighted by molar-refractivity contribution is -0.0941. The number of aromatic nitrogens is 5. The van der Waals surface area contributed by atoms with E-state index in [-0.39, 0.29) is 18.4 Å². The largest absolute Gasteiger partial charge is 0.494 e. The number of para-hydroxylation sites is 1. The van der Waals surface area contributed by atoms with Crippen LogP contribution in [0.15, 0.2) is 30.6 Å². The van der Waals surface area contributed by atoms with E-state index in [1.54, 1.807) is 18.2 Å². The van der Waals surface area contributed by atoms with Crippen LogP contribution >= 0.6 is 11.6 Å². The molecular weight excluding hydrogens is 528 g/mol. The maximum Gasteiger partial charge on any atom is 0.243 e. The molecule has 1 aromatic carbocycles. The van der Waals surface area contributed by atoms with Crippen LogP contribution in [0.5, 0.6) is 11.5 Å². The quantitative estimate of drug-likeness (QED) is 0.393. The fraction of sp³-hybridized carbons (Fsp3) is 0.455. The van der Waals surface area contributed by atoms with Crippen molar-refractivity contribution >= 4 is 27.6 Å². The van der Waals surface area contributed by atoms with Crippen LogP contribution < -0.4 is 14.2 Å². The molecule has 0 saturated carbocycles. The van der Waals surface area contributed by atoms with Crippen LogP contribution in [-0.4, -0.2) is 79.6 Å². The van der Waals surface area contributed by atoms with Gasteiger partial charge in [0.1, 0.15) is 34.6 Å². The maximum absolute atomic E-state index is 13.5. The van der Waals surface area contributed by atoms with Crippen LogP contribution in [-0.2, 0) is 24.2 Å². The molecule has 3 atom stereocenters. The van der Waals surface area contributed by atoms with Gasteiger partial charge >= 0.3 is 0 Å². The molecule has 4 rings (SSSR count). The number of nitrogens with one attached hydrogen (secondary N) is 1. The van der Waals surface area contributed by atoms with Gasteiger partial charge in [-0.05, 0) is 19.1 Å². The van der Waals surface area contributed by atoms with Crippen LogP contribution in [0.3, 0.4) is 0 Å². The average Bonchev–Trinajstić information content (AvgIpc) is 3.32. The molecule has 200 valence electrons. The lowest BCUT2D eigenvalue weighted by atomic mass is 10.2. The summed E-state index contributed by atoms with van der Waals surface area (Å²) < 4.78 is 59.1. The highest BCUT2D eigenvalue weighted by atomic mass is 35.5. The molecule has 1 fully saturated rings. The number of nitrogens with zero attached hydrogens (tertiary/aromatic N) is 5. The lowest BCUT2D eigenvalue weighted by Crippen LogP contribution is -2.33. The van der Waals surface area contributed by atoms with Crippen LogP contribution in [0.2, 0.25) is 5.02 Å². The van der Waals surface area contributed by atoms with Crippen LogP contribution in [0.1, 0.15) is 30.8 Å². The number of benzene rings is 1. The van der Waals surface area contributed by atoms with Crippen LogP contribution in [0.25, 0.3) is 5.69 Å². The molecule has 37 heavy (non-hydrogen) atoms. The van der Waals surface area contributed by atoms with Gasteiger partial charge in [0.25, 0.3) is 0 Å². The van der Waals surface area contributed by atoms with Gasteiger partial charge < -0.3 is 23.7 Å². The summed E-state index contributed by atoms with van der Waals surface area (Å²) in [6.45, 7) is 2.45. The zero-order valence-corrected chi connectivity index (χ0v) is 22.2. The Labute approximate surface area is 219 Å². The van der Waals surface area contributed by atoms with Crippen molar-refractivity contribution in [1.29, 1.82) is 0 Å². The summed E-state index contributed by atoms with van der Waals surface area (Å²) in [6.07, 6.45) is 1.12. The predicted octanol–water partition coefficient (Wildman–Crippen LogP) is 2.33. The Morgan fingerprint density at radius 2 is 1.78 bits per heavy atom. The Balaban J connectivity index is 1.78. The highest BCUT2D eigenvalue weighted by molar-refractivity contribution is 7.93. The molecule has 1 aliphatic rings. The minimum Gasteiger partial charge on any atom is -0.494 e. The van der Waals surface area contributed by atoms with Gasteiger partial charge in [0.15, 0.2) is 11.6 Å². The predicted molar refractivity (Wildman–Crippen MR) is 133 cm³/mol. The third kappa shape index (κ3) is 5.62. The summed E-state index contributed by atoms with van der Waals surface area (Å²) in [5, 5.41) is 7.56. The number of hydrogen-bond donors (Lipinski definition) is 1. The number of sulfonamides is 1. The Morgan fingerprint density at radius 1 is 1.11 bits per heavy atom. The fourth-order valence-corrected chi connectivity index (χ4v) is 5.07. The van der Waals surface area contributed by atoms with Crippen molar-refractivity contribution in [3.8, 4) is 17.2 Å². The number of methoxy groups -OCH3 is 3. The highest BCUT2D eigenvalue weighted by Crippen LogP contribution is 2.37. The van der Waals surface area contributed by atoms with Crippen molar-refractivity contribution in [3.63, 3.8) is 0 Å². The molecule has 1 aliphatic heterocycles. The van der Waals surface area contributed by atoms with Crippen LogP contribution in [0, 0.1) is 0 Å². The first-order chi connectivity index (χ1) is 17.8. The van der Waals surface area contributed by atoms with E-state index in [0.29, 0.717) is 41.2 Å². The number of halogens is 1. The van der Waals surface area contributed by atoms with Crippen LogP contribution in [0.4, 0.5) is 5.95 Å². The highest BCUT2D eigenvalue weighted by Gasteiger charge is 2.36. The van der Waals surface area contributed by atoms with Crippen molar-refractivity contribution in [3.05, 3.63) is 47.3 Å². The fourth-order valence-electron chi connectivity index (χ4n) is 3.84. The van der Waals surface area contributed by atoms with E-state index in [0.717, 1.165) is 0 Å². The van der Waals surface area contributed by atoms with E-state index in [1.165, 1.54) is 45.2 Å². The Bertz CT molecular complexity index is 1290. The Hall–Kier alpha value is -3.04.